The van der Waals surface area contributed by atoms with E-state index in [1.165, 1.54) is 0 Å². The molecule has 0 aliphatic heterocycles. The molecule has 1 unspecified atom stereocenters. The average molecular weight is 189 g/mol. The normalized spacial score (nSPS) is 13.6. The molecule has 3 nitrogen and oxygen atoms in total. The molecule has 0 fully saturated rings. The molecule has 2 N–H and O–H groups in total. The van der Waals surface area contributed by atoms with Crippen LogP contribution in [0, 0.1) is 11.8 Å². The fourth-order valence-corrected chi connectivity index (χ4v) is 0.876. The van der Waals surface area contributed by atoms with Crippen molar-refractivity contribution in [3.8, 4) is 0 Å². The molecular formula is C10H23NO2. The van der Waals surface area contributed by atoms with E-state index in [-0.39, 0.29) is 6.61 Å². The van der Waals surface area contributed by atoms with Crippen LogP contribution < -0.4 is 5.32 Å². The molecule has 0 amide bonds. The second kappa shape index (κ2) is 8.48. The van der Waals surface area contributed by atoms with Gasteiger partial charge in [0, 0.05) is 19.8 Å². The summed E-state index contributed by atoms with van der Waals surface area (Å²) >= 11 is 0. The lowest BCUT2D eigenvalue weighted by Gasteiger charge is -2.10. The smallest absolute Gasteiger partial charge is 0.0591 e. The Morgan fingerprint density at radius 2 is 2.00 bits per heavy atom. The van der Waals surface area contributed by atoms with Gasteiger partial charge in [-0.3, -0.25) is 0 Å². The van der Waals surface area contributed by atoms with Crippen molar-refractivity contribution >= 4 is 0 Å². The maximum atomic E-state index is 8.74. The van der Waals surface area contributed by atoms with Crippen molar-refractivity contribution in [1.29, 1.82) is 0 Å². The van der Waals surface area contributed by atoms with Crippen LogP contribution in [-0.2, 0) is 4.74 Å². The van der Waals surface area contributed by atoms with Gasteiger partial charge in [0.1, 0.15) is 0 Å². The van der Waals surface area contributed by atoms with Crippen molar-refractivity contribution in [2.75, 3.05) is 32.9 Å². The van der Waals surface area contributed by atoms with E-state index in [4.69, 9.17) is 9.84 Å². The minimum absolute atomic E-state index is 0.250. The summed E-state index contributed by atoms with van der Waals surface area (Å²) in [6, 6.07) is 0. The molecule has 0 radical (unpaired) electrons. The van der Waals surface area contributed by atoms with Gasteiger partial charge in [-0.1, -0.05) is 20.8 Å². The van der Waals surface area contributed by atoms with E-state index in [0.29, 0.717) is 11.8 Å². The van der Waals surface area contributed by atoms with Crippen molar-refractivity contribution in [2.45, 2.75) is 20.8 Å². The maximum absolute atomic E-state index is 8.74. The number of aliphatic hydroxyl groups excluding tert-OH is 1. The molecule has 3 heteroatoms. The maximum Gasteiger partial charge on any atom is 0.0591 e. The molecule has 0 heterocycles. The quantitative estimate of drug-likeness (QED) is 0.557. The van der Waals surface area contributed by atoms with Crippen molar-refractivity contribution in [3.05, 3.63) is 0 Å². The van der Waals surface area contributed by atoms with Crippen LogP contribution in [0.4, 0.5) is 0 Å². The minimum Gasteiger partial charge on any atom is -0.396 e. The first kappa shape index (κ1) is 12.9. The van der Waals surface area contributed by atoms with Gasteiger partial charge in [-0.15, -0.1) is 0 Å². The molecule has 0 rings (SSSR count). The van der Waals surface area contributed by atoms with Crippen LogP contribution in [-0.4, -0.2) is 38.0 Å². The van der Waals surface area contributed by atoms with Gasteiger partial charge in [0.2, 0.25) is 0 Å². The Hall–Kier alpha value is -0.120. The molecule has 0 aliphatic carbocycles. The summed E-state index contributed by atoms with van der Waals surface area (Å²) < 4.78 is 5.39. The van der Waals surface area contributed by atoms with E-state index >= 15 is 0 Å². The summed E-state index contributed by atoms with van der Waals surface area (Å²) in [5.41, 5.74) is 0. The highest BCUT2D eigenvalue weighted by atomic mass is 16.5. The third-order valence-corrected chi connectivity index (χ3v) is 1.68. The summed E-state index contributed by atoms with van der Waals surface area (Å²) in [7, 11) is 0. The molecule has 0 saturated carbocycles. The number of hydrogen-bond acceptors (Lipinski definition) is 3. The van der Waals surface area contributed by atoms with Crippen LogP contribution in [0.5, 0.6) is 0 Å². The first-order valence-electron chi connectivity index (χ1n) is 5.06. The summed E-state index contributed by atoms with van der Waals surface area (Å²) in [6.45, 7) is 9.87. The van der Waals surface area contributed by atoms with Crippen molar-refractivity contribution < 1.29 is 9.84 Å². The highest BCUT2D eigenvalue weighted by Gasteiger charge is 1.98. The minimum atomic E-state index is 0.250. The second-order valence-corrected chi connectivity index (χ2v) is 3.96. The van der Waals surface area contributed by atoms with Crippen LogP contribution in [0.3, 0.4) is 0 Å². The van der Waals surface area contributed by atoms with E-state index in [1.54, 1.807) is 0 Å². The molecule has 0 bridgehead atoms. The molecule has 0 aromatic rings. The van der Waals surface area contributed by atoms with Gasteiger partial charge in [0.25, 0.3) is 0 Å². The standard InChI is InChI=1S/C10H23NO2/c1-9(2)8-13-5-4-11-6-10(3)7-12/h9-12H,4-8H2,1-3H3. The summed E-state index contributed by atoms with van der Waals surface area (Å²) in [5.74, 6) is 0.946. The van der Waals surface area contributed by atoms with Crippen LogP contribution >= 0.6 is 0 Å². The topological polar surface area (TPSA) is 41.5 Å². The summed E-state index contributed by atoms with van der Waals surface area (Å²) in [5, 5.41) is 12.0. The Morgan fingerprint density at radius 1 is 1.31 bits per heavy atom. The summed E-state index contributed by atoms with van der Waals surface area (Å²) in [6.07, 6.45) is 0. The Bertz CT molecular complexity index is 107. The molecule has 0 saturated heterocycles. The third kappa shape index (κ3) is 9.80. The number of ether oxygens (including phenoxy) is 1. The van der Waals surface area contributed by atoms with Gasteiger partial charge >= 0.3 is 0 Å². The van der Waals surface area contributed by atoms with Crippen LogP contribution in [0.1, 0.15) is 20.8 Å². The molecular weight excluding hydrogens is 166 g/mol. The zero-order valence-corrected chi connectivity index (χ0v) is 9.05. The first-order valence-corrected chi connectivity index (χ1v) is 5.06. The van der Waals surface area contributed by atoms with E-state index in [0.717, 1.165) is 26.3 Å². The van der Waals surface area contributed by atoms with E-state index < -0.39 is 0 Å². The third-order valence-electron chi connectivity index (χ3n) is 1.68. The Kier molecular flexibility index (Phi) is 8.40. The van der Waals surface area contributed by atoms with Gasteiger partial charge in [0.15, 0.2) is 0 Å². The first-order chi connectivity index (χ1) is 6.16. The lowest BCUT2D eigenvalue weighted by Crippen LogP contribution is -2.27. The largest absolute Gasteiger partial charge is 0.396 e. The highest BCUT2D eigenvalue weighted by molar-refractivity contribution is 4.54. The lowest BCUT2D eigenvalue weighted by molar-refractivity contribution is 0.110. The van der Waals surface area contributed by atoms with Crippen LogP contribution in [0.2, 0.25) is 0 Å². The predicted octanol–water partition coefficient (Wildman–Crippen LogP) is 0.877. The fraction of sp³-hybridized carbons (Fsp3) is 1.00. The molecule has 0 aromatic carbocycles. The number of hydrogen-bond donors (Lipinski definition) is 2. The summed E-state index contributed by atoms with van der Waals surface area (Å²) in [4.78, 5) is 0. The zero-order chi connectivity index (χ0) is 10.1. The van der Waals surface area contributed by atoms with Crippen molar-refractivity contribution in [1.82, 2.24) is 5.32 Å². The molecule has 0 spiro atoms. The Morgan fingerprint density at radius 3 is 2.54 bits per heavy atom. The Labute approximate surface area is 81.5 Å². The van der Waals surface area contributed by atoms with Crippen molar-refractivity contribution in [3.63, 3.8) is 0 Å². The monoisotopic (exact) mass is 189 g/mol. The van der Waals surface area contributed by atoms with E-state index in [2.05, 4.69) is 19.2 Å². The lowest BCUT2D eigenvalue weighted by atomic mass is 10.2. The van der Waals surface area contributed by atoms with Gasteiger partial charge in [-0.25, -0.2) is 0 Å². The predicted molar refractivity (Wildman–Crippen MR) is 54.8 cm³/mol. The van der Waals surface area contributed by atoms with E-state index in [9.17, 15) is 0 Å². The Balaban J connectivity index is 2.99. The number of aliphatic hydroxyl groups is 1. The van der Waals surface area contributed by atoms with Gasteiger partial charge in [-0.2, -0.15) is 0 Å². The molecule has 13 heavy (non-hydrogen) atoms. The molecule has 1 atom stereocenters. The average Bonchev–Trinajstić information content (AvgIpc) is 2.10. The van der Waals surface area contributed by atoms with Gasteiger partial charge in [-0.05, 0) is 18.4 Å². The number of nitrogens with one attached hydrogen (secondary N) is 1. The fourth-order valence-electron chi connectivity index (χ4n) is 0.876. The molecule has 0 aromatic heterocycles. The van der Waals surface area contributed by atoms with Gasteiger partial charge in [0.05, 0.1) is 6.61 Å². The van der Waals surface area contributed by atoms with Crippen LogP contribution in [0.15, 0.2) is 0 Å². The number of rotatable bonds is 8. The highest BCUT2D eigenvalue weighted by Crippen LogP contribution is 1.91. The van der Waals surface area contributed by atoms with Gasteiger partial charge < -0.3 is 15.2 Å². The zero-order valence-electron chi connectivity index (χ0n) is 9.05. The van der Waals surface area contributed by atoms with Crippen molar-refractivity contribution in [2.24, 2.45) is 11.8 Å². The van der Waals surface area contributed by atoms with Crippen LogP contribution in [0.25, 0.3) is 0 Å². The molecule has 80 valence electrons. The molecule has 0 aliphatic rings. The SMILES string of the molecule is CC(C)COCCNCC(C)CO. The second-order valence-electron chi connectivity index (χ2n) is 3.96. The van der Waals surface area contributed by atoms with E-state index in [1.807, 2.05) is 6.92 Å².